The molecule has 0 atom stereocenters. The number of rotatable bonds is 5. The molecule has 0 radical (unpaired) electrons. The third-order valence-corrected chi connectivity index (χ3v) is 2.13. The van der Waals surface area contributed by atoms with Crippen LogP contribution in [0.5, 0.6) is 0 Å². The molecule has 6 heteroatoms. The predicted octanol–water partition coefficient (Wildman–Crippen LogP) is 1.17. The summed E-state index contributed by atoms with van der Waals surface area (Å²) < 4.78 is 14.8. The van der Waals surface area contributed by atoms with Crippen LogP contribution in [0.4, 0.5) is 0 Å². The smallest absolute Gasteiger partial charge is 0.396 e. The molecule has 0 spiro atoms. The molecule has 0 aliphatic heterocycles. The Morgan fingerprint density at radius 1 is 1.38 bits per heavy atom. The van der Waals surface area contributed by atoms with E-state index in [1.54, 1.807) is 14.0 Å². The number of nitrogens with one attached hydrogen (secondary N) is 1. The second-order valence-electron chi connectivity index (χ2n) is 2.05. The van der Waals surface area contributed by atoms with Gasteiger partial charge in [-0.2, -0.15) is 0 Å². The number of carbonyl (C=O) groups excluding carboxylic acids is 1. The van der Waals surface area contributed by atoms with E-state index < -0.39 is 8.60 Å². The maximum Gasteiger partial charge on any atom is 0.396 e. The van der Waals surface area contributed by atoms with Crippen molar-refractivity contribution < 1.29 is 18.4 Å². The predicted molar refractivity (Wildman–Crippen MR) is 49.8 cm³/mol. The maximum atomic E-state index is 10.8. The van der Waals surface area contributed by atoms with E-state index in [2.05, 4.69) is 5.32 Å². The molecule has 1 N–H and O–H groups in total. The van der Waals surface area contributed by atoms with Gasteiger partial charge >= 0.3 is 8.60 Å². The Labute approximate surface area is 79.1 Å². The Bertz CT molecular complexity index is 191. The lowest BCUT2D eigenvalue weighted by Crippen LogP contribution is -2.14. The molecule has 0 saturated heterocycles. The monoisotopic (exact) mass is 207 g/mol. The molecular formula is C7H14NO4P. The highest BCUT2D eigenvalue weighted by atomic mass is 31.2. The van der Waals surface area contributed by atoms with E-state index in [1.165, 1.54) is 20.3 Å². The van der Waals surface area contributed by atoms with E-state index in [0.29, 0.717) is 5.76 Å². The van der Waals surface area contributed by atoms with Crippen LogP contribution in [-0.4, -0.2) is 27.2 Å². The normalized spacial score (nSPS) is 11.6. The molecule has 0 aromatic heterocycles. The number of hydrogen-bond donors (Lipinski definition) is 1. The summed E-state index contributed by atoms with van der Waals surface area (Å²) in [6, 6.07) is 0. The van der Waals surface area contributed by atoms with E-state index in [4.69, 9.17) is 13.6 Å². The molecular weight excluding hydrogens is 193 g/mol. The van der Waals surface area contributed by atoms with Gasteiger partial charge in [0.25, 0.3) is 0 Å². The van der Waals surface area contributed by atoms with E-state index in [1.807, 2.05) is 0 Å². The van der Waals surface area contributed by atoms with Gasteiger partial charge in [0.15, 0.2) is 0 Å². The summed E-state index contributed by atoms with van der Waals surface area (Å²) in [4.78, 5) is 10.8. The third-order valence-electron chi connectivity index (χ3n) is 1.10. The van der Waals surface area contributed by atoms with Crippen LogP contribution >= 0.6 is 8.60 Å². The van der Waals surface area contributed by atoms with Crippen LogP contribution in [0.1, 0.15) is 6.92 Å². The van der Waals surface area contributed by atoms with Crippen LogP contribution in [0.25, 0.3) is 0 Å². The second-order valence-corrected chi connectivity index (χ2v) is 3.41. The molecule has 0 rings (SSSR count). The van der Waals surface area contributed by atoms with Crippen molar-refractivity contribution in [3.8, 4) is 0 Å². The van der Waals surface area contributed by atoms with Crippen LogP contribution in [0.2, 0.25) is 0 Å². The molecule has 0 heterocycles. The Balaban J connectivity index is 4.03. The number of carbonyl (C=O) groups is 1. The number of likely N-dealkylation sites (N-methyl/N-ethyl adjacent to an activating group) is 1. The van der Waals surface area contributed by atoms with Crippen LogP contribution in [-0.2, 0) is 18.4 Å². The molecule has 1 amide bonds. The first kappa shape index (κ1) is 12.4. The van der Waals surface area contributed by atoms with Crippen molar-refractivity contribution in [3.05, 3.63) is 11.8 Å². The fourth-order valence-electron chi connectivity index (χ4n) is 0.550. The largest absolute Gasteiger partial charge is 0.431 e. The van der Waals surface area contributed by atoms with Gasteiger partial charge < -0.3 is 18.9 Å². The summed E-state index contributed by atoms with van der Waals surface area (Å²) in [6.07, 6.45) is 1.33. The van der Waals surface area contributed by atoms with Gasteiger partial charge in [-0.15, -0.1) is 0 Å². The highest BCUT2D eigenvalue weighted by Gasteiger charge is 2.09. The van der Waals surface area contributed by atoms with Gasteiger partial charge in [0.2, 0.25) is 5.91 Å². The molecule has 0 unspecified atom stereocenters. The van der Waals surface area contributed by atoms with Gasteiger partial charge in [-0.1, -0.05) is 0 Å². The average molecular weight is 207 g/mol. The lowest BCUT2D eigenvalue weighted by molar-refractivity contribution is -0.116. The van der Waals surface area contributed by atoms with Crippen molar-refractivity contribution in [3.63, 3.8) is 0 Å². The minimum absolute atomic E-state index is 0.223. The summed E-state index contributed by atoms with van der Waals surface area (Å²) in [5.74, 6) is 0.230. The fraction of sp³-hybridized carbons (Fsp3) is 0.571. The summed E-state index contributed by atoms with van der Waals surface area (Å²) in [5.41, 5.74) is 0. The first-order chi connectivity index (χ1) is 6.13. The van der Waals surface area contributed by atoms with Gasteiger partial charge in [-0.05, 0) is 6.92 Å². The number of allylic oxidation sites excluding steroid dienone is 1. The summed E-state index contributed by atoms with van der Waals surface area (Å²) in [7, 11) is 3.11. The van der Waals surface area contributed by atoms with E-state index in [9.17, 15) is 4.79 Å². The molecule has 0 aliphatic rings. The van der Waals surface area contributed by atoms with Crippen molar-refractivity contribution in [2.45, 2.75) is 6.92 Å². The lowest BCUT2D eigenvalue weighted by Gasteiger charge is -2.12. The first-order valence-corrected chi connectivity index (χ1v) is 4.70. The fourth-order valence-corrected chi connectivity index (χ4v) is 1.14. The first-order valence-electron chi connectivity index (χ1n) is 3.60. The minimum Gasteiger partial charge on any atom is -0.431 e. The average Bonchev–Trinajstić information content (AvgIpc) is 2.13. The molecule has 76 valence electrons. The molecule has 0 fully saturated rings. The Hall–Kier alpha value is -0.640. The molecule has 0 aliphatic carbocycles. The van der Waals surface area contributed by atoms with Crippen LogP contribution in [0.3, 0.4) is 0 Å². The van der Waals surface area contributed by atoms with Crippen molar-refractivity contribution >= 4 is 14.5 Å². The molecule has 0 bridgehead atoms. The van der Waals surface area contributed by atoms with Gasteiger partial charge in [-0.3, -0.25) is 4.79 Å². The SMILES string of the molecule is CNC(=O)/C=C(\C)OP(OC)OC. The van der Waals surface area contributed by atoms with Crippen molar-refractivity contribution in [2.24, 2.45) is 0 Å². The standard InChI is InChI=1S/C7H14NO4P/c1-6(5-7(9)8-2)12-13(10-3)11-4/h5H,1-4H3,(H,8,9)/b6-5+. The number of hydrogen-bond acceptors (Lipinski definition) is 4. The van der Waals surface area contributed by atoms with Crippen molar-refractivity contribution in [2.75, 3.05) is 21.3 Å². The zero-order valence-electron chi connectivity index (χ0n) is 8.16. The zero-order chi connectivity index (χ0) is 10.3. The summed E-state index contributed by atoms with van der Waals surface area (Å²) >= 11 is 0. The lowest BCUT2D eigenvalue weighted by atomic mass is 10.5. The maximum absolute atomic E-state index is 10.8. The van der Waals surface area contributed by atoms with Crippen LogP contribution in [0.15, 0.2) is 11.8 Å². The van der Waals surface area contributed by atoms with Gasteiger partial charge in [0, 0.05) is 27.3 Å². The Morgan fingerprint density at radius 2 is 1.92 bits per heavy atom. The molecule has 5 nitrogen and oxygen atoms in total. The number of amides is 1. The van der Waals surface area contributed by atoms with Crippen LogP contribution < -0.4 is 5.32 Å². The third kappa shape index (κ3) is 5.58. The van der Waals surface area contributed by atoms with Crippen molar-refractivity contribution in [1.82, 2.24) is 5.32 Å². The molecule has 0 aromatic carbocycles. The summed E-state index contributed by atoms with van der Waals surface area (Å²) in [5, 5.41) is 2.44. The Kier molecular flexibility index (Phi) is 6.49. The van der Waals surface area contributed by atoms with E-state index >= 15 is 0 Å². The van der Waals surface area contributed by atoms with Crippen LogP contribution in [0, 0.1) is 0 Å². The minimum atomic E-state index is -1.38. The Morgan fingerprint density at radius 3 is 2.31 bits per heavy atom. The molecule has 0 aromatic rings. The highest BCUT2D eigenvalue weighted by Crippen LogP contribution is 2.39. The van der Waals surface area contributed by atoms with Gasteiger partial charge in [0.1, 0.15) is 5.76 Å². The van der Waals surface area contributed by atoms with E-state index in [-0.39, 0.29) is 5.91 Å². The molecule has 13 heavy (non-hydrogen) atoms. The van der Waals surface area contributed by atoms with Gasteiger partial charge in [0.05, 0.1) is 0 Å². The zero-order valence-corrected chi connectivity index (χ0v) is 9.05. The second kappa shape index (κ2) is 6.83. The molecule has 0 saturated carbocycles. The van der Waals surface area contributed by atoms with Crippen molar-refractivity contribution in [1.29, 1.82) is 0 Å². The highest BCUT2D eigenvalue weighted by molar-refractivity contribution is 7.41. The van der Waals surface area contributed by atoms with E-state index in [0.717, 1.165) is 0 Å². The topological polar surface area (TPSA) is 56.8 Å². The summed E-state index contributed by atoms with van der Waals surface area (Å²) in [6.45, 7) is 1.66. The van der Waals surface area contributed by atoms with Gasteiger partial charge in [-0.25, -0.2) is 0 Å². The quantitative estimate of drug-likeness (QED) is 0.417.